The topological polar surface area (TPSA) is 44.4 Å². The Hall–Kier alpha value is -2.33. The lowest BCUT2D eigenvalue weighted by Crippen LogP contribution is -2.45. The van der Waals surface area contributed by atoms with Gasteiger partial charge in [-0.25, -0.2) is 0 Å². The van der Waals surface area contributed by atoms with E-state index in [1.165, 1.54) is 24.0 Å². The van der Waals surface area contributed by atoms with E-state index in [0.29, 0.717) is 5.56 Å². The second-order valence-electron chi connectivity index (χ2n) is 7.93. The van der Waals surface area contributed by atoms with Crippen molar-refractivity contribution in [3.05, 3.63) is 59.2 Å². The van der Waals surface area contributed by atoms with Gasteiger partial charge in [-0.05, 0) is 68.9 Å². The predicted molar refractivity (Wildman–Crippen MR) is 111 cm³/mol. The largest absolute Gasteiger partial charge is 0.355 e. The molecule has 1 amide bonds. The SMILES string of the molecule is Cc1cccc(Nc2ccccc2C(=O)NC2CCN(C3CC3)CC2)c1C. The number of likely N-dealkylation sites (tertiary alicyclic amines) is 1. The van der Waals surface area contributed by atoms with Gasteiger partial charge in [0.15, 0.2) is 0 Å². The number of nitrogens with one attached hydrogen (secondary N) is 2. The van der Waals surface area contributed by atoms with Gasteiger partial charge in [0.25, 0.3) is 5.91 Å². The maximum Gasteiger partial charge on any atom is 0.253 e. The number of hydrogen-bond acceptors (Lipinski definition) is 3. The first-order valence-corrected chi connectivity index (χ1v) is 10.1. The van der Waals surface area contributed by atoms with Gasteiger partial charge in [0, 0.05) is 30.9 Å². The van der Waals surface area contributed by atoms with Crippen LogP contribution in [0.3, 0.4) is 0 Å². The fourth-order valence-electron chi connectivity index (χ4n) is 3.93. The van der Waals surface area contributed by atoms with E-state index in [2.05, 4.69) is 41.5 Å². The molecule has 2 aromatic carbocycles. The second-order valence-corrected chi connectivity index (χ2v) is 7.93. The fraction of sp³-hybridized carbons (Fsp3) is 0.435. The van der Waals surface area contributed by atoms with Crippen molar-refractivity contribution in [2.24, 2.45) is 0 Å². The maximum atomic E-state index is 12.9. The van der Waals surface area contributed by atoms with Crippen molar-refractivity contribution < 1.29 is 4.79 Å². The summed E-state index contributed by atoms with van der Waals surface area (Å²) >= 11 is 0. The molecule has 4 rings (SSSR count). The van der Waals surface area contributed by atoms with E-state index < -0.39 is 0 Å². The van der Waals surface area contributed by atoms with Crippen LogP contribution in [0.4, 0.5) is 11.4 Å². The van der Waals surface area contributed by atoms with Crippen molar-refractivity contribution in [3.8, 4) is 0 Å². The van der Waals surface area contributed by atoms with E-state index >= 15 is 0 Å². The summed E-state index contributed by atoms with van der Waals surface area (Å²) in [6, 6.07) is 15.1. The van der Waals surface area contributed by atoms with Gasteiger partial charge in [0.05, 0.1) is 11.3 Å². The van der Waals surface area contributed by atoms with Gasteiger partial charge in [0.1, 0.15) is 0 Å². The third-order valence-electron chi connectivity index (χ3n) is 5.97. The van der Waals surface area contributed by atoms with Gasteiger partial charge < -0.3 is 15.5 Å². The molecule has 2 N–H and O–H groups in total. The van der Waals surface area contributed by atoms with Crippen LogP contribution in [0.15, 0.2) is 42.5 Å². The summed E-state index contributed by atoms with van der Waals surface area (Å²) < 4.78 is 0. The van der Waals surface area contributed by atoms with E-state index in [9.17, 15) is 4.79 Å². The van der Waals surface area contributed by atoms with Crippen molar-refractivity contribution in [2.45, 2.75) is 51.6 Å². The Morgan fingerprint density at radius 2 is 1.63 bits per heavy atom. The number of para-hydroxylation sites is 1. The number of anilines is 2. The zero-order chi connectivity index (χ0) is 18.8. The van der Waals surface area contributed by atoms with Crippen molar-refractivity contribution in [3.63, 3.8) is 0 Å². The molecule has 2 aliphatic rings. The highest BCUT2D eigenvalue weighted by Crippen LogP contribution is 2.30. The molecule has 0 aromatic heterocycles. The van der Waals surface area contributed by atoms with Gasteiger partial charge in [-0.2, -0.15) is 0 Å². The van der Waals surface area contributed by atoms with E-state index in [-0.39, 0.29) is 11.9 Å². The molecule has 4 nitrogen and oxygen atoms in total. The van der Waals surface area contributed by atoms with Crippen LogP contribution in [0.2, 0.25) is 0 Å². The highest BCUT2D eigenvalue weighted by atomic mass is 16.1. The molecule has 4 heteroatoms. The molecule has 1 aliphatic carbocycles. The summed E-state index contributed by atoms with van der Waals surface area (Å²) in [5.41, 5.74) is 5.07. The maximum absolute atomic E-state index is 12.9. The Labute approximate surface area is 162 Å². The first-order valence-electron chi connectivity index (χ1n) is 10.1. The van der Waals surface area contributed by atoms with Gasteiger partial charge in [0.2, 0.25) is 0 Å². The van der Waals surface area contributed by atoms with Crippen LogP contribution in [0.1, 0.15) is 47.2 Å². The Morgan fingerprint density at radius 3 is 2.37 bits per heavy atom. The van der Waals surface area contributed by atoms with Crippen LogP contribution in [-0.4, -0.2) is 36.0 Å². The molecule has 27 heavy (non-hydrogen) atoms. The van der Waals surface area contributed by atoms with Gasteiger partial charge in [-0.15, -0.1) is 0 Å². The molecule has 0 radical (unpaired) electrons. The van der Waals surface area contributed by atoms with Crippen LogP contribution in [0, 0.1) is 13.8 Å². The zero-order valence-corrected chi connectivity index (χ0v) is 16.3. The van der Waals surface area contributed by atoms with Crippen LogP contribution in [0.5, 0.6) is 0 Å². The number of amides is 1. The summed E-state index contributed by atoms with van der Waals surface area (Å²) in [6.45, 7) is 6.43. The number of hydrogen-bond donors (Lipinski definition) is 2. The van der Waals surface area contributed by atoms with Crippen molar-refractivity contribution in [2.75, 3.05) is 18.4 Å². The summed E-state index contributed by atoms with van der Waals surface area (Å²) in [7, 11) is 0. The van der Waals surface area contributed by atoms with Gasteiger partial charge >= 0.3 is 0 Å². The van der Waals surface area contributed by atoms with E-state index in [1.807, 2.05) is 30.3 Å². The standard InChI is InChI=1S/C23H29N3O/c1-16-6-5-9-21(17(16)2)25-22-8-4-3-7-20(22)23(27)24-18-12-14-26(15-13-18)19-10-11-19/h3-9,18-19,25H,10-15H2,1-2H3,(H,24,27). The molecule has 142 valence electrons. The quantitative estimate of drug-likeness (QED) is 0.827. The Kier molecular flexibility index (Phi) is 5.17. The molecule has 0 spiro atoms. The minimum absolute atomic E-state index is 0.0216. The molecule has 2 fully saturated rings. The van der Waals surface area contributed by atoms with E-state index in [1.54, 1.807) is 0 Å². The molecule has 0 bridgehead atoms. The monoisotopic (exact) mass is 363 g/mol. The smallest absolute Gasteiger partial charge is 0.253 e. The minimum Gasteiger partial charge on any atom is -0.355 e. The predicted octanol–water partition coefficient (Wildman–Crippen LogP) is 4.40. The number of carbonyl (C=O) groups is 1. The number of aryl methyl sites for hydroxylation is 1. The molecule has 0 unspecified atom stereocenters. The van der Waals surface area contributed by atoms with Crippen molar-refractivity contribution >= 4 is 17.3 Å². The van der Waals surface area contributed by atoms with E-state index in [4.69, 9.17) is 0 Å². The van der Waals surface area contributed by atoms with Crippen molar-refractivity contribution in [1.82, 2.24) is 10.2 Å². The highest BCUT2D eigenvalue weighted by Gasteiger charge is 2.32. The number of rotatable bonds is 5. The molecule has 1 saturated heterocycles. The zero-order valence-electron chi connectivity index (χ0n) is 16.3. The molecule has 0 atom stereocenters. The molecule has 1 saturated carbocycles. The lowest BCUT2D eigenvalue weighted by molar-refractivity contribution is 0.0910. The summed E-state index contributed by atoms with van der Waals surface area (Å²) in [5, 5.41) is 6.72. The fourth-order valence-corrected chi connectivity index (χ4v) is 3.93. The first-order chi connectivity index (χ1) is 13.1. The Balaban J connectivity index is 1.44. The summed E-state index contributed by atoms with van der Waals surface area (Å²) in [5.74, 6) is 0.0216. The number of piperidine rings is 1. The normalized spacial score (nSPS) is 18.3. The molecule has 1 aliphatic heterocycles. The first kappa shape index (κ1) is 18.1. The average molecular weight is 364 g/mol. The molecular formula is C23H29N3O. The highest BCUT2D eigenvalue weighted by molar-refractivity contribution is 6.00. The van der Waals surface area contributed by atoms with Gasteiger partial charge in [-0.3, -0.25) is 4.79 Å². The number of benzene rings is 2. The van der Waals surface area contributed by atoms with Gasteiger partial charge in [-0.1, -0.05) is 24.3 Å². The van der Waals surface area contributed by atoms with E-state index in [0.717, 1.165) is 43.3 Å². The summed E-state index contributed by atoms with van der Waals surface area (Å²) in [6.07, 6.45) is 4.81. The number of nitrogens with zero attached hydrogens (tertiary/aromatic N) is 1. The number of carbonyl (C=O) groups excluding carboxylic acids is 1. The van der Waals surface area contributed by atoms with Crippen LogP contribution in [-0.2, 0) is 0 Å². The third-order valence-corrected chi connectivity index (χ3v) is 5.97. The lowest BCUT2D eigenvalue weighted by atomic mass is 10.0. The molecule has 2 aromatic rings. The molecule has 1 heterocycles. The minimum atomic E-state index is 0.0216. The average Bonchev–Trinajstić information content (AvgIpc) is 3.52. The van der Waals surface area contributed by atoms with Crippen LogP contribution in [0.25, 0.3) is 0 Å². The second kappa shape index (κ2) is 7.73. The lowest BCUT2D eigenvalue weighted by Gasteiger charge is -2.32. The Bertz CT molecular complexity index is 820. The van der Waals surface area contributed by atoms with Crippen LogP contribution < -0.4 is 10.6 Å². The van der Waals surface area contributed by atoms with Crippen molar-refractivity contribution in [1.29, 1.82) is 0 Å². The van der Waals surface area contributed by atoms with Crippen LogP contribution >= 0.6 is 0 Å². The third kappa shape index (κ3) is 4.16. The molecular weight excluding hydrogens is 334 g/mol. The summed E-state index contributed by atoms with van der Waals surface area (Å²) in [4.78, 5) is 15.5. The Morgan fingerprint density at radius 1 is 0.926 bits per heavy atom.